The van der Waals surface area contributed by atoms with Crippen LogP contribution in [0.5, 0.6) is 5.75 Å². The van der Waals surface area contributed by atoms with Gasteiger partial charge in [-0.1, -0.05) is 48.5 Å². The van der Waals surface area contributed by atoms with Gasteiger partial charge in [-0.25, -0.2) is 4.68 Å². The molecule has 0 fully saturated rings. The van der Waals surface area contributed by atoms with Gasteiger partial charge in [-0.3, -0.25) is 14.9 Å². The quantitative estimate of drug-likeness (QED) is 0.364. The number of non-ortho nitro benzene ring substituents is 1. The number of benzene rings is 3. The van der Waals surface area contributed by atoms with Crippen LogP contribution in [0.3, 0.4) is 0 Å². The Morgan fingerprint density at radius 3 is 2.35 bits per heavy atom. The third-order valence-corrected chi connectivity index (χ3v) is 4.67. The van der Waals surface area contributed by atoms with Gasteiger partial charge in [-0.2, -0.15) is 5.10 Å². The number of amides is 1. The van der Waals surface area contributed by atoms with Crippen molar-refractivity contribution >= 4 is 17.3 Å². The second-order valence-corrected chi connectivity index (χ2v) is 6.63. The van der Waals surface area contributed by atoms with Crippen molar-refractivity contribution in [2.45, 2.75) is 0 Å². The molecule has 31 heavy (non-hydrogen) atoms. The summed E-state index contributed by atoms with van der Waals surface area (Å²) in [6, 6.07) is 22.8. The van der Waals surface area contributed by atoms with Crippen molar-refractivity contribution in [3.63, 3.8) is 0 Å². The van der Waals surface area contributed by atoms with Crippen LogP contribution >= 0.6 is 0 Å². The van der Waals surface area contributed by atoms with Gasteiger partial charge in [0.05, 0.1) is 29.0 Å². The fourth-order valence-corrected chi connectivity index (χ4v) is 3.16. The molecule has 4 rings (SSSR count). The number of nitro groups is 1. The van der Waals surface area contributed by atoms with Crippen molar-refractivity contribution in [3.05, 3.63) is 101 Å². The third kappa shape index (κ3) is 4.13. The zero-order chi connectivity index (χ0) is 21.8. The van der Waals surface area contributed by atoms with E-state index in [0.29, 0.717) is 17.0 Å². The Bertz CT molecular complexity index is 1240. The van der Waals surface area contributed by atoms with E-state index in [9.17, 15) is 14.9 Å². The highest BCUT2D eigenvalue weighted by Gasteiger charge is 2.21. The molecule has 1 N–H and O–H groups in total. The summed E-state index contributed by atoms with van der Waals surface area (Å²) in [5.41, 5.74) is 2.43. The number of carbonyl (C=O) groups excluding carboxylic acids is 1. The number of anilines is 1. The van der Waals surface area contributed by atoms with Gasteiger partial charge in [-0.05, 0) is 18.2 Å². The number of nitrogens with zero attached hydrogens (tertiary/aromatic N) is 3. The van der Waals surface area contributed by atoms with Crippen molar-refractivity contribution in [1.82, 2.24) is 9.78 Å². The highest BCUT2D eigenvalue weighted by atomic mass is 16.6. The number of nitro benzene ring substituents is 1. The summed E-state index contributed by atoms with van der Waals surface area (Å²) in [5.74, 6) is -0.143. The van der Waals surface area contributed by atoms with Crippen LogP contribution in [0.15, 0.2) is 85.1 Å². The lowest BCUT2D eigenvalue weighted by molar-refractivity contribution is -0.384. The average molecular weight is 414 g/mol. The Morgan fingerprint density at radius 2 is 1.71 bits per heavy atom. The minimum atomic E-state index is -0.530. The van der Waals surface area contributed by atoms with E-state index in [4.69, 9.17) is 4.74 Å². The molecule has 0 atom stereocenters. The monoisotopic (exact) mass is 414 g/mol. The van der Waals surface area contributed by atoms with Crippen LogP contribution in [-0.2, 0) is 0 Å². The molecule has 8 nitrogen and oxygen atoms in total. The third-order valence-electron chi connectivity index (χ3n) is 4.67. The molecule has 0 aliphatic rings. The maximum Gasteiger partial charge on any atom is 0.271 e. The van der Waals surface area contributed by atoms with E-state index in [1.54, 1.807) is 10.9 Å². The van der Waals surface area contributed by atoms with E-state index in [0.717, 1.165) is 11.3 Å². The van der Waals surface area contributed by atoms with Gasteiger partial charge in [0.25, 0.3) is 11.6 Å². The fraction of sp³-hybridized carbons (Fsp3) is 0.0435. The summed E-state index contributed by atoms with van der Waals surface area (Å²) in [7, 11) is 1.43. The Labute approximate surface area is 177 Å². The Morgan fingerprint density at radius 1 is 1.03 bits per heavy atom. The Kier molecular flexibility index (Phi) is 5.44. The van der Waals surface area contributed by atoms with Gasteiger partial charge in [-0.15, -0.1) is 0 Å². The zero-order valence-electron chi connectivity index (χ0n) is 16.6. The van der Waals surface area contributed by atoms with Crippen LogP contribution in [0.2, 0.25) is 0 Å². The molecule has 0 radical (unpaired) electrons. The molecule has 0 unspecified atom stereocenters. The number of hydrogen-bond donors (Lipinski definition) is 1. The molecule has 4 aromatic rings. The minimum Gasteiger partial charge on any atom is -0.495 e. The van der Waals surface area contributed by atoms with E-state index in [1.165, 1.54) is 25.3 Å². The fourth-order valence-electron chi connectivity index (χ4n) is 3.16. The van der Waals surface area contributed by atoms with Gasteiger partial charge in [0.2, 0.25) is 0 Å². The van der Waals surface area contributed by atoms with Crippen molar-refractivity contribution in [3.8, 4) is 22.7 Å². The van der Waals surface area contributed by atoms with Gasteiger partial charge in [0.15, 0.2) is 0 Å². The lowest BCUT2D eigenvalue weighted by Crippen LogP contribution is -2.13. The van der Waals surface area contributed by atoms with E-state index in [-0.39, 0.29) is 11.4 Å². The molecule has 0 aliphatic heterocycles. The first-order valence-electron chi connectivity index (χ1n) is 9.41. The lowest BCUT2D eigenvalue weighted by atomic mass is 10.1. The van der Waals surface area contributed by atoms with Crippen LogP contribution in [0, 0.1) is 10.1 Å². The predicted octanol–water partition coefficient (Wildman–Crippen LogP) is 4.71. The molecule has 1 amide bonds. The summed E-state index contributed by atoms with van der Waals surface area (Å²) in [4.78, 5) is 23.8. The molecule has 0 saturated carbocycles. The Balaban J connectivity index is 1.77. The highest BCUT2D eigenvalue weighted by molar-refractivity contribution is 6.08. The van der Waals surface area contributed by atoms with Crippen LogP contribution in [0.25, 0.3) is 16.9 Å². The zero-order valence-corrected chi connectivity index (χ0v) is 16.6. The standard InChI is InChI=1S/C23H18N4O4/c1-31-21-13-12-18(27(29)30)14-20(21)24-23(28)19-15-26(17-10-6-3-7-11-17)25-22(19)16-8-4-2-5-9-16/h2-15H,1H3,(H,24,28). The molecular formula is C23H18N4O4. The number of carbonyl (C=O) groups is 1. The summed E-state index contributed by atoms with van der Waals surface area (Å²) in [6.45, 7) is 0. The first-order valence-corrected chi connectivity index (χ1v) is 9.41. The molecule has 0 aliphatic carbocycles. The number of nitrogens with one attached hydrogen (secondary N) is 1. The first-order chi connectivity index (χ1) is 15.1. The summed E-state index contributed by atoms with van der Waals surface area (Å²) >= 11 is 0. The number of hydrogen-bond acceptors (Lipinski definition) is 5. The van der Waals surface area contributed by atoms with Gasteiger partial charge in [0, 0.05) is 23.9 Å². The molecule has 154 valence electrons. The summed E-state index contributed by atoms with van der Waals surface area (Å²) in [6.07, 6.45) is 1.64. The lowest BCUT2D eigenvalue weighted by Gasteiger charge is -2.10. The second-order valence-electron chi connectivity index (χ2n) is 6.63. The van der Waals surface area contributed by atoms with Crippen molar-refractivity contribution < 1.29 is 14.5 Å². The van der Waals surface area contributed by atoms with Crippen LogP contribution in [0.1, 0.15) is 10.4 Å². The largest absolute Gasteiger partial charge is 0.495 e. The van der Waals surface area contributed by atoms with Crippen LogP contribution in [-0.4, -0.2) is 27.7 Å². The second kappa shape index (κ2) is 8.50. The van der Waals surface area contributed by atoms with Crippen molar-refractivity contribution in [1.29, 1.82) is 0 Å². The maximum atomic E-state index is 13.2. The van der Waals surface area contributed by atoms with Gasteiger partial charge < -0.3 is 10.1 Å². The van der Waals surface area contributed by atoms with Crippen LogP contribution in [0.4, 0.5) is 11.4 Å². The highest BCUT2D eigenvalue weighted by Crippen LogP contribution is 2.31. The molecule has 1 heterocycles. The molecular weight excluding hydrogens is 396 g/mol. The van der Waals surface area contributed by atoms with Crippen molar-refractivity contribution in [2.75, 3.05) is 12.4 Å². The topological polar surface area (TPSA) is 99.3 Å². The van der Waals surface area contributed by atoms with E-state index < -0.39 is 10.8 Å². The average Bonchev–Trinajstić information content (AvgIpc) is 3.26. The van der Waals surface area contributed by atoms with Crippen LogP contribution < -0.4 is 10.1 Å². The van der Waals surface area contributed by atoms with E-state index in [2.05, 4.69) is 10.4 Å². The number of methoxy groups -OCH3 is 1. The van der Waals surface area contributed by atoms with Gasteiger partial charge >= 0.3 is 0 Å². The number of para-hydroxylation sites is 1. The first kappa shape index (κ1) is 19.8. The normalized spacial score (nSPS) is 10.5. The predicted molar refractivity (Wildman–Crippen MR) is 117 cm³/mol. The summed E-state index contributed by atoms with van der Waals surface area (Å²) < 4.78 is 6.87. The smallest absolute Gasteiger partial charge is 0.271 e. The SMILES string of the molecule is COc1ccc([N+](=O)[O-])cc1NC(=O)c1cn(-c2ccccc2)nc1-c1ccccc1. The molecule has 1 aromatic heterocycles. The molecule has 3 aromatic carbocycles. The number of rotatable bonds is 6. The summed E-state index contributed by atoms with van der Waals surface area (Å²) in [5, 5.41) is 18.5. The molecule has 8 heteroatoms. The number of aromatic nitrogens is 2. The van der Waals surface area contributed by atoms with Crippen molar-refractivity contribution in [2.24, 2.45) is 0 Å². The molecule has 0 spiro atoms. The van der Waals surface area contributed by atoms with E-state index >= 15 is 0 Å². The molecule has 0 bridgehead atoms. The minimum absolute atomic E-state index is 0.153. The van der Waals surface area contributed by atoms with Gasteiger partial charge in [0.1, 0.15) is 11.4 Å². The Hall–Kier alpha value is -4.46. The molecule has 0 saturated heterocycles. The number of ether oxygens (including phenoxy) is 1. The maximum absolute atomic E-state index is 13.2. The van der Waals surface area contributed by atoms with E-state index in [1.807, 2.05) is 60.7 Å².